The molecule has 1 saturated carbocycles. The largest absolute Gasteiger partial charge is 0.396 e. The number of ether oxygens (including phenoxy) is 1. The average Bonchev–Trinajstić information content (AvgIpc) is 2.70. The van der Waals surface area contributed by atoms with Crippen molar-refractivity contribution in [2.45, 2.75) is 69.9 Å². The van der Waals surface area contributed by atoms with Crippen LogP contribution in [0.25, 0.3) is 0 Å². The Labute approximate surface area is 184 Å². The van der Waals surface area contributed by atoms with Crippen molar-refractivity contribution in [2.75, 3.05) is 26.4 Å². The maximum atomic E-state index is 13.4. The standard InChI is InChI=1S/C21H37N3O6S/c22-21(27)17-11-20-18(12-19(17)26)23-5-7-30-6-3-1-2-4-14-8-15(13-25)10-16(9-14)24-31(20,28)29/h14-17,19,23-26H,1-13H2,(H2,22,27). The van der Waals surface area contributed by atoms with Crippen molar-refractivity contribution in [3.63, 3.8) is 0 Å². The maximum absolute atomic E-state index is 13.4. The van der Waals surface area contributed by atoms with E-state index in [-0.39, 0.29) is 36.3 Å². The molecule has 0 spiro atoms. The first kappa shape index (κ1) is 24.4. The molecule has 1 heterocycles. The Kier molecular flexibility index (Phi) is 8.74. The molecule has 10 heteroatoms. The van der Waals surface area contributed by atoms with Crippen LogP contribution < -0.4 is 15.8 Å². The van der Waals surface area contributed by atoms with Crippen LogP contribution in [0.15, 0.2) is 10.6 Å². The summed E-state index contributed by atoms with van der Waals surface area (Å²) in [7, 11) is -3.89. The van der Waals surface area contributed by atoms with E-state index in [1.54, 1.807) is 0 Å². The summed E-state index contributed by atoms with van der Waals surface area (Å²) in [6.45, 7) is 1.56. The SMILES string of the molecule is NC(=O)C1CC2=C(CC1O)NCCOCCCCCC1CC(CO)CC(C1)NS2(=O)=O. The van der Waals surface area contributed by atoms with Crippen LogP contribution in [0.3, 0.4) is 0 Å². The van der Waals surface area contributed by atoms with Gasteiger partial charge in [0.25, 0.3) is 0 Å². The summed E-state index contributed by atoms with van der Waals surface area (Å²) < 4.78 is 35.2. The molecule has 1 amide bonds. The van der Waals surface area contributed by atoms with Crippen molar-refractivity contribution in [1.82, 2.24) is 10.0 Å². The van der Waals surface area contributed by atoms with Crippen LogP contribution in [0, 0.1) is 17.8 Å². The zero-order valence-electron chi connectivity index (χ0n) is 18.1. The second kappa shape index (κ2) is 11.1. The molecule has 2 bridgehead atoms. The summed E-state index contributed by atoms with van der Waals surface area (Å²) in [6.07, 6.45) is 5.25. The minimum Gasteiger partial charge on any atom is -0.396 e. The molecule has 5 atom stereocenters. The molecular formula is C21H37N3O6S. The highest BCUT2D eigenvalue weighted by Gasteiger charge is 2.39. The van der Waals surface area contributed by atoms with Crippen LogP contribution in [0.2, 0.25) is 0 Å². The quantitative estimate of drug-likeness (QED) is 0.399. The summed E-state index contributed by atoms with van der Waals surface area (Å²) in [6, 6.07) is -0.259. The Bertz CT molecular complexity index is 756. The number of aliphatic hydroxyl groups excluding tert-OH is 2. The van der Waals surface area contributed by atoms with Gasteiger partial charge in [-0.15, -0.1) is 0 Å². The number of primary amides is 1. The van der Waals surface area contributed by atoms with E-state index in [9.17, 15) is 23.4 Å². The Morgan fingerprint density at radius 1 is 1.13 bits per heavy atom. The molecule has 9 nitrogen and oxygen atoms in total. The lowest BCUT2D eigenvalue weighted by atomic mass is 9.77. The van der Waals surface area contributed by atoms with Gasteiger partial charge in [-0.25, -0.2) is 13.1 Å². The predicted molar refractivity (Wildman–Crippen MR) is 116 cm³/mol. The molecule has 2 aliphatic carbocycles. The number of carbonyl (C=O) groups is 1. The zero-order valence-corrected chi connectivity index (χ0v) is 18.9. The zero-order chi connectivity index (χ0) is 22.4. The minimum atomic E-state index is -3.89. The van der Waals surface area contributed by atoms with Crippen molar-refractivity contribution in [3.8, 4) is 0 Å². The molecule has 1 aliphatic heterocycles. The predicted octanol–water partition coefficient (Wildman–Crippen LogP) is 0.331. The van der Waals surface area contributed by atoms with E-state index >= 15 is 0 Å². The Morgan fingerprint density at radius 3 is 2.68 bits per heavy atom. The number of hydrogen-bond donors (Lipinski definition) is 5. The van der Waals surface area contributed by atoms with Gasteiger partial charge in [0.15, 0.2) is 0 Å². The smallest absolute Gasteiger partial charge is 0.238 e. The van der Waals surface area contributed by atoms with E-state index in [1.165, 1.54) is 0 Å². The van der Waals surface area contributed by atoms with Crippen LogP contribution in [0.5, 0.6) is 0 Å². The van der Waals surface area contributed by atoms with E-state index in [0.29, 0.717) is 37.8 Å². The summed E-state index contributed by atoms with van der Waals surface area (Å²) in [5.41, 5.74) is 5.84. The highest BCUT2D eigenvalue weighted by Crippen LogP contribution is 2.35. The van der Waals surface area contributed by atoms with E-state index < -0.39 is 28.0 Å². The lowest BCUT2D eigenvalue weighted by Crippen LogP contribution is -2.45. The van der Waals surface area contributed by atoms with Gasteiger partial charge in [-0.3, -0.25) is 4.79 Å². The number of allylic oxidation sites excluding steroid dienone is 1. The third kappa shape index (κ3) is 6.64. The molecule has 1 fully saturated rings. The number of nitrogens with one attached hydrogen (secondary N) is 2. The first-order chi connectivity index (χ1) is 14.8. The normalized spacial score (nSPS) is 35.6. The summed E-state index contributed by atoms with van der Waals surface area (Å²) in [4.78, 5) is 11.9. The fourth-order valence-electron chi connectivity index (χ4n) is 5.18. The van der Waals surface area contributed by atoms with Gasteiger partial charge in [-0.2, -0.15) is 0 Å². The Hall–Kier alpha value is -1.20. The Balaban J connectivity index is 1.87. The topological polar surface area (TPSA) is 151 Å². The fourth-order valence-corrected chi connectivity index (χ4v) is 6.84. The number of fused-ring (bicyclic) bond motifs is 2. The second-order valence-corrected chi connectivity index (χ2v) is 10.9. The highest BCUT2D eigenvalue weighted by atomic mass is 32.2. The monoisotopic (exact) mass is 459 g/mol. The fraction of sp³-hybridized carbons (Fsp3) is 0.857. The number of nitrogens with two attached hydrogens (primary N) is 1. The molecule has 0 aromatic rings. The third-order valence-corrected chi connectivity index (χ3v) is 8.48. The molecule has 3 rings (SSSR count). The van der Waals surface area contributed by atoms with Crippen molar-refractivity contribution in [3.05, 3.63) is 10.6 Å². The molecule has 6 N–H and O–H groups in total. The first-order valence-electron chi connectivity index (χ1n) is 11.4. The van der Waals surface area contributed by atoms with Crippen LogP contribution in [0.4, 0.5) is 0 Å². The highest BCUT2D eigenvalue weighted by molar-refractivity contribution is 7.93. The summed E-state index contributed by atoms with van der Waals surface area (Å²) >= 11 is 0. The molecule has 0 saturated heterocycles. The van der Waals surface area contributed by atoms with Crippen LogP contribution in [0.1, 0.15) is 57.8 Å². The van der Waals surface area contributed by atoms with Gasteiger partial charge < -0.3 is 26.0 Å². The molecule has 178 valence electrons. The number of hydrogen-bond acceptors (Lipinski definition) is 7. The number of carbonyl (C=O) groups excluding carboxylic acids is 1. The molecule has 31 heavy (non-hydrogen) atoms. The minimum absolute atomic E-state index is 0.0242. The molecule has 0 radical (unpaired) electrons. The van der Waals surface area contributed by atoms with Gasteiger partial charge in [-0.1, -0.05) is 19.3 Å². The molecule has 0 aromatic carbocycles. The maximum Gasteiger partial charge on any atom is 0.238 e. The van der Waals surface area contributed by atoms with Crippen LogP contribution in [-0.4, -0.2) is 63.0 Å². The summed E-state index contributed by atoms with van der Waals surface area (Å²) in [5.74, 6) is -1.21. The van der Waals surface area contributed by atoms with Gasteiger partial charge in [0.2, 0.25) is 15.9 Å². The first-order valence-corrected chi connectivity index (χ1v) is 12.9. The number of aliphatic hydroxyl groups is 2. The van der Waals surface area contributed by atoms with Crippen LogP contribution >= 0.6 is 0 Å². The number of rotatable bonds is 2. The van der Waals surface area contributed by atoms with Gasteiger partial charge in [-0.05, 0) is 37.5 Å². The summed E-state index contributed by atoms with van der Waals surface area (Å²) in [5, 5.41) is 23.2. The lowest BCUT2D eigenvalue weighted by Gasteiger charge is -2.36. The van der Waals surface area contributed by atoms with Crippen molar-refractivity contribution in [2.24, 2.45) is 23.5 Å². The van der Waals surface area contributed by atoms with Crippen molar-refractivity contribution in [1.29, 1.82) is 0 Å². The van der Waals surface area contributed by atoms with Crippen LogP contribution in [-0.2, 0) is 19.6 Å². The second-order valence-electron chi connectivity index (χ2n) is 9.21. The van der Waals surface area contributed by atoms with E-state index in [0.717, 1.165) is 38.5 Å². The van der Waals surface area contributed by atoms with Gasteiger partial charge in [0.1, 0.15) is 0 Å². The molecule has 3 aliphatic rings. The van der Waals surface area contributed by atoms with Crippen molar-refractivity contribution >= 4 is 15.9 Å². The van der Waals surface area contributed by atoms with Crippen molar-refractivity contribution < 1.29 is 28.2 Å². The van der Waals surface area contributed by atoms with Gasteiger partial charge in [0, 0.05) is 44.3 Å². The van der Waals surface area contributed by atoms with Gasteiger partial charge >= 0.3 is 0 Å². The van der Waals surface area contributed by atoms with Gasteiger partial charge in [0.05, 0.1) is 23.5 Å². The van der Waals surface area contributed by atoms with E-state index in [2.05, 4.69) is 10.0 Å². The van der Waals surface area contributed by atoms with E-state index in [4.69, 9.17) is 10.5 Å². The van der Waals surface area contributed by atoms with E-state index in [1.807, 2.05) is 0 Å². The molecule has 5 unspecified atom stereocenters. The number of amides is 1. The Morgan fingerprint density at radius 2 is 1.94 bits per heavy atom. The molecule has 0 aromatic heterocycles. The average molecular weight is 460 g/mol. The lowest BCUT2D eigenvalue weighted by molar-refractivity contribution is -0.125. The third-order valence-electron chi connectivity index (χ3n) is 6.78. The number of sulfonamides is 1. The molecular weight excluding hydrogens is 422 g/mol.